The van der Waals surface area contributed by atoms with Crippen LogP contribution in [0.2, 0.25) is 0 Å². The van der Waals surface area contributed by atoms with Crippen LogP contribution in [0, 0.1) is 0 Å². The maximum Gasteiger partial charge on any atom is 0.417 e. The number of esters is 1. The predicted molar refractivity (Wildman–Crippen MR) is 77.1 cm³/mol. The molecule has 0 heterocycles. The van der Waals surface area contributed by atoms with Crippen molar-refractivity contribution in [3.8, 4) is 0 Å². The summed E-state index contributed by atoms with van der Waals surface area (Å²) in [7, 11) is 0. The molecule has 0 unspecified atom stereocenters. The molecule has 0 aliphatic heterocycles. The first-order valence-corrected chi connectivity index (χ1v) is 6.57. The van der Waals surface area contributed by atoms with Crippen molar-refractivity contribution in [1.82, 2.24) is 0 Å². The summed E-state index contributed by atoms with van der Waals surface area (Å²) in [4.78, 5) is 10.8. The highest BCUT2D eigenvalue weighted by atomic mass is 32.1. The Hall–Kier alpha value is -1.83. The number of nitrogens with two attached hydrogens (primary N) is 1. The smallest absolute Gasteiger partial charge is 0.417 e. The van der Waals surface area contributed by atoms with E-state index in [9.17, 15) is 18.0 Å². The van der Waals surface area contributed by atoms with Crippen molar-refractivity contribution in [3.05, 3.63) is 29.3 Å². The van der Waals surface area contributed by atoms with Gasteiger partial charge >= 0.3 is 12.1 Å². The lowest BCUT2D eigenvalue weighted by Crippen LogP contribution is -2.18. The van der Waals surface area contributed by atoms with Crippen LogP contribution in [-0.2, 0) is 15.7 Å². The van der Waals surface area contributed by atoms with Gasteiger partial charge in [-0.05, 0) is 25.1 Å². The molecule has 1 aromatic rings. The van der Waals surface area contributed by atoms with Gasteiger partial charge in [-0.2, -0.15) is 13.2 Å². The quantitative estimate of drug-likeness (QED) is 0.623. The van der Waals surface area contributed by atoms with E-state index >= 15 is 0 Å². The molecule has 3 N–H and O–H groups in total. The summed E-state index contributed by atoms with van der Waals surface area (Å²) in [6.07, 6.45) is -4.42. The molecule has 1 aromatic carbocycles. The fourth-order valence-corrected chi connectivity index (χ4v) is 1.82. The van der Waals surface area contributed by atoms with E-state index in [0.717, 1.165) is 6.07 Å². The molecule has 0 radical (unpaired) electrons. The Morgan fingerprint density at radius 3 is 2.62 bits per heavy atom. The van der Waals surface area contributed by atoms with Crippen molar-refractivity contribution in [1.29, 1.82) is 0 Å². The minimum Gasteiger partial charge on any atom is -0.466 e. The molecule has 4 nitrogen and oxygen atoms in total. The van der Waals surface area contributed by atoms with Gasteiger partial charge in [-0.15, -0.1) is 0 Å². The number of alkyl halides is 3. The second-order valence-electron chi connectivity index (χ2n) is 4.10. The molecule has 0 saturated carbocycles. The second kappa shape index (κ2) is 7.26. The normalized spacial score (nSPS) is 11.0. The van der Waals surface area contributed by atoms with Crippen LogP contribution in [-0.4, -0.2) is 24.1 Å². The highest BCUT2D eigenvalue weighted by molar-refractivity contribution is 7.80. The van der Waals surface area contributed by atoms with E-state index in [1.54, 1.807) is 6.92 Å². The van der Waals surface area contributed by atoms with Crippen LogP contribution in [0.4, 0.5) is 18.9 Å². The summed E-state index contributed by atoms with van der Waals surface area (Å²) >= 11 is 4.64. The molecule has 0 aromatic heterocycles. The average molecular weight is 320 g/mol. The fraction of sp³-hybridized carbons (Fsp3) is 0.385. The molecule has 8 heteroatoms. The van der Waals surface area contributed by atoms with Crippen LogP contribution < -0.4 is 11.1 Å². The summed E-state index contributed by atoms with van der Waals surface area (Å²) in [5.41, 5.74) is 4.59. The van der Waals surface area contributed by atoms with Crippen LogP contribution in [0.5, 0.6) is 0 Å². The molecule has 0 atom stereocenters. The third-order valence-electron chi connectivity index (χ3n) is 2.55. The standard InChI is InChI=1S/C13H15F3N2O2S/c1-2-20-11(19)5-6-18-8-3-4-10(13(14,15)16)9(7-8)12(17)21/h3-4,7,18H,2,5-6H2,1H3,(H2,17,21). The number of benzene rings is 1. The molecule has 0 saturated heterocycles. The highest BCUT2D eigenvalue weighted by Crippen LogP contribution is 2.33. The summed E-state index contributed by atoms with van der Waals surface area (Å²) in [5.74, 6) is -0.383. The zero-order chi connectivity index (χ0) is 16.0. The van der Waals surface area contributed by atoms with E-state index in [-0.39, 0.29) is 36.1 Å². The first kappa shape index (κ1) is 17.2. The lowest BCUT2D eigenvalue weighted by atomic mass is 10.1. The summed E-state index contributed by atoms with van der Waals surface area (Å²) in [6.45, 7) is 2.21. The number of hydrogen-bond donors (Lipinski definition) is 2. The topological polar surface area (TPSA) is 64.3 Å². The van der Waals surface area contributed by atoms with Crippen LogP contribution in [0.15, 0.2) is 18.2 Å². The van der Waals surface area contributed by atoms with Gasteiger partial charge in [0.05, 0.1) is 18.6 Å². The predicted octanol–water partition coefficient (Wildman–Crippen LogP) is 2.70. The second-order valence-corrected chi connectivity index (χ2v) is 4.54. The third-order valence-corrected chi connectivity index (χ3v) is 2.77. The summed E-state index contributed by atoms with van der Waals surface area (Å²) in [6, 6.07) is 3.38. The van der Waals surface area contributed by atoms with E-state index in [1.807, 2.05) is 0 Å². The Bertz CT molecular complexity index is 533. The maximum absolute atomic E-state index is 12.8. The Kier molecular flexibility index (Phi) is 5.95. The van der Waals surface area contributed by atoms with Gasteiger partial charge in [-0.25, -0.2) is 0 Å². The molecule has 0 aliphatic carbocycles. The molecular formula is C13H15F3N2O2S. The molecule has 0 bridgehead atoms. The van der Waals surface area contributed by atoms with Crippen molar-refractivity contribution >= 4 is 28.9 Å². The number of rotatable bonds is 6. The maximum atomic E-state index is 12.8. The van der Waals surface area contributed by atoms with Gasteiger partial charge in [0.1, 0.15) is 4.99 Å². The number of halogens is 3. The molecule has 0 aliphatic rings. The van der Waals surface area contributed by atoms with Gasteiger partial charge in [0.15, 0.2) is 0 Å². The van der Waals surface area contributed by atoms with E-state index in [0.29, 0.717) is 5.69 Å². The van der Waals surface area contributed by atoms with Crippen molar-refractivity contribution in [2.45, 2.75) is 19.5 Å². The van der Waals surface area contributed by atoms with Gasteiger partial charge in [0.25, 0.3) is 0 Å². The molecule has 0 fully saturated rings. The zero-order valence-corrected chi connectivity index (χ0v) is 12.1. The van der Waals surface area contributed by atoms with Crippen molar-refractivity contribution in [3.63, 3.8) is 0 Å². The Morgan fingerprint density at radius 1 is 1.43 bits per heavy atom. The van der Waals surface area contributed by atoms with Crippen LogP contribution in [0.25, 0.3) is 0 Å². The number of carbonyl (C=O) groups is 1. The number of nitrogens with one attached hydrogen (secondary N) is 1. The molecule has 1 rings (SSSR count). The monoisotopic (exact) mass is 320 g/mol. The van der Waals surface area contributed by atoms with E-state index in [2.05, 4.69) is 17.5 Å². The highest BCUT2D eigenvalue weighted by Gasteiger charge is 2.34. The number of anilines is 1. The first-order chi connectivity index (χ1) is 9.75. The Labute approximate surface area is 125 Å². The summed E-state index contributed by atoms with van der Waals surface area (Å²) < 4.78 is 43.1. The van der Waals surface area contributed by atoms with E-state index in [1.165, 1.54) is 12.1 Å². The van der Waals surface area contributed by atoms with Crippen LogP contribution in [0.1, 0.15) is 24.5 Å². The lowest BCUT2D eigenvalue weighted by Gasteiger charge is -2.14. The van der Waals surface area contributed by atoms with Gasteiger partial charge in [-0.1, -0.05) is 12.2 Å². The van der Waals surface area contributed by atoms with Gasteiger partial charge in [0.2, 0.25) is 0 Å². The van der Waals surface area contributed by atoms with Crippen molar-refractivity contribution in [2.24, 2.45) is 5.73 Å². The zero-order valence-electron chi connectivity index (χ0n) is 11.3. The number of carbonyl (C=O) groups excluding carboxylic acids is 1. The molecular weight excluding hydrogens is 305 g/mol. The Balaban J connectivity index is 2.80. The van der Waals surface area contributed by atoms with E-state index < -0.39 is 11.7 Å². The first-order valence-electron chi connectivity index (χ1n) is 6.16. The molecule has 21 heavy (non-hydrogen) atoms. The van der Waals surface area contributed by atoms with E-state index in [4.69, 9.17) is 10.5 Å². The van der Waals surface area contributed by atoms with Gasteiger partial charge in [0, 0.05) is 17.8 Å². The Morgan fingerprint density at radius 2 is 2.10 bits per heavy atom. The van der Waals surface area contributed by atoms with Crippen molar-refractivity contribution in [2.75, 3.05) is 18.5 Å². The van der Waals surface area contributed by atoms with Gasteiger partial charge in [-0.3, -0.25) is 4.79 Å². The minimum atomic E-state index is -4.53. The van der Waals surface area contributed by atoms with Crippen molar-refractivity contribution < 1.29 is 22.7 Å². The number of hydrogen-bond acceptors (Lipinski definition) is 4. The molecule has 0 spiro atoms. The fourth-order valence-electron chi connectivity index (χ4n) is 1.65. The third kappa shape index (κ3) is 5.22. The average Bonchev–Trinajstić information content (AvgIpc) is 2.37. The minimum absolute atomic E-state index is 0.108. The summed E-state index contributed by atoms with van der Waals surface area (Å²) in [5, 5.41) is 2.82. The van der Waals surface area contributed by atoms with Gasteiger partial charge < -0.3 is 15.8 Å². The number of thiocarbonyl (C=S) groups is 1. The molecule has 116 valence electrons. The lowest BCUT2D eigenvalue weighted by molar-refractivity contribution is -0.142. The molecule has 0 amide bonds. The largest absolute Gasteiger partial charge is 0.466 e. The number of ether oxygens (including phenoxy) is 1. The SMILES string of the molecule is CCOC(=O)CCNc1ccc(C(F)(F)F)c(C(N)=S)c1. The van der Waals surface area contributed by atoms with Crippen LogP contribution in [0.3, 0.4) is 0 Å². The van der Waals surface area contributed by atoms with Crippen LogP contribution >= 0.6 is 12.2 Å².